The summed E-state index contributed by atoms with van der Waals surface area (Å²) >= 11 is 0. The molecule has 0 unspecified atom stereocenters. The maximum Gasteiger partial charge on any atom is 0.166 e. The molecule has 0 aromatic carbocycles. The van der Waals surface area contributed by atoms with Crippen molar-refractivity contribution in [3.05, 3.63) is 0 Å². The molecule has 8 heavy (non-hydrogen) atoms. The minimum Gasteiger partial charge on any atom is -0.365 e. The van der Waals surface area contributed by atoms with E-state index in [0.717, 1.165) is 0 Å². The topological polar surface area (TPSA) is 29.6 Å². The molecule has 2 nitrogen and oxygen atoms in total. The molecule has 0 amide bonds. The molecule has 1 rings (SSSR count). The van der Waals surface area contributed by atoms with Crippen molar-refractivity contribution in [3.8, 4) is 0 Å². The minimum atomic E-state index is -0.0463. The number of hydrogen-bond acceptors (Lipinski definition) is 2. The predicted octanol–water partition coefficient (Wildman–Crippen LogP) is 0.610. The molecule has 0 N–H and O–H groups in total. The Hall–Kier alpha value is -0.370. The van der Waals surface area contributed by atoms with Gasteiger partial charge in [-0.15, -0.1) is 0 Å². The van der Waals surface area contributed by atoms with Crippen LogP contribution in [0.25, 0.3) is 0 Å². The number of ether oxygens (including phenoxy) is 1. The van der Waals surface area contributed by atoms with Gasteiger partial charge in [0.1, 0.15) is 6.10 Å². The Kier molecular flexibility index (Phi) is 1.34. The van der Waals surface area contributed by atoms with E-state index in [1.165, 1.54) is 0 Å². The van der Waals surface area contributed by atoms with Crippen LogP contribution in [0.2, 0.25) is 0 Å². The number of ketones is 1. The Morgan fingerprint density at radius 2 is 2.25 bits per heavy atom. The van der Waals surface area contributed by atoms with Gasteiger partial charge in [-0.1, -0.05) is 13.8 Å². The molecule has 1 fully saturated rings. The molecule has 0 aromatic heterocycles. The van der Waals surface area contributed by atoms with E-state index in [9.17, 15) is 4.79 Å². The molecule has 0 bridgehead atoms. The molecule has 1 aliphatic rings. The van der Waals surface area contributed by atoms with Crippen LogP contribution < -0.4 is 0 Å². The summed E-state index contributed by atoms with van der Waals surface area (Å²) in [5.41, 5.74) is 0. The highest BCUT2D eigenvalue weighted by Crippen LogP contribution is 2.14. The van der Waals surface area contributed by atoms with Crippen LogP contribution in [0.1, 0.15) is 13.8 Å². The second-order valence-corrected chi connectivity index (χ2v) is 2.38. The maximum atomic E-state index is 10.8. The van der Waals surface area contributed by atoms with Gasteiger partial charge in [0.25, 0.3) is 0 Å². The summed E-state index contributed by atoms with van der Waals surface area (Å²) in [7, 11) is 0. The van der Waals surface area contributed by atoms with Gasteiger partial charge in [0.2, 0.25) is 0 Å². The van der Waals surface area contributed by atoms with Crippen LogP contribution in [-0.4, -0.2) is 18.5 Å². The summed E-state index contributed by atoms with van der Waals surface area (Å²) in [4.78, 5) is 10.8. The third-order valence-electron chi connectivity index (χ3n) is 1.22. The first-order valence-corrected chi connectivity index (χ1v) is 2.87. The van der Waals surface area contributed by atoms with Gasteiger partial charge in [-0.3, -0.25) is 4.79 Å². The second kappa shape index (κ2) is 1.86. The largest absolute Gasteiger partial charge is 0.365 e. The first-order valence-electron chi connectivity index (χ1n) is 2.87. The lowest BCUT2D eigenvalue weighted by atomic mass is 10.1. The van der Waals surface area contributed by atoms with Crippen molar-refractivity contribution in [1.29, 1.82) is 0 Å². The highest BCUT2D eigenvalue weighted by Gasteiger charge is 2.32. The fraction of sp³-hybridized carbons (Fsp3) is 0.833. The summed E-state index contributed by atoms with van der Waals surface area (Å²) in [6, 6.07) is 0. The van der Waals surface area contributed by atoms with Gasteiger partial charge in [0.15, 0.2) is 5.78 Å². The fourth-order valence-corrected chi connectivity index (χ4v) is 0.584. The first-order chi connectivity index (χ1) is 3.72. The van der Waals surface area contributed by atoms with Crippen LogP contribution in [0.3, 0.4) is 0 Å². The quantitative estimate of drug-likeness (QED) is 0.492. The van der Waals surface area contributed by atoms with E-state index < -0.39 is 0 Å². The second-order valence-electron chi connectivity index (χ2n) is 2.38. The lowest BCUT2D eigenvalue weighted by molar-refractivity contribution is -0.123. The Labute approximate surface area is 48.8 Å². The van der Waals surface area contributed by atoms with Crippen molar-refractivity contribution in [3.63, 3.8) is 0 Å². The molecule has 2 heteroatoms. The van der Waals surface area contributed by atoms with Crippen molar-refractivity contribution in [2.75, 3.05) is 6.61 Å². The molecular formula is C6H10O2. The first kappa shape index (κ1) is 5.76. The molecule has 0 aliphatic carbocycles. The van der Waals surface area contributed by atoms with E-state index in [1.807, 2.05) is 13.8 Å². The molecule has 0 radical (unpaired) electrons. The number of carbonyl (C=O) groups excluding carboxylic acids is 1. The summed E-state index contributed by atoms with van der Waals surface area (Å²) in [6.07, 6.45) is -0.0463. The zero-order valence-electron chi connectivity index (χ0n) is 5.18. The predicted molar refractivity (Wildman–Crippen MR) is 29.6 cm³/mol. The van der Waals surface area contributed by atoms with Gasteiger partial charge >= 0.3 is 0 Å². The van der Waals surface area contributed by atoms with E-state index in [-0.39, 0.29) is 17.8 Å². The molecule has 0 saturated carbocycles. The molecule has 0 spiro atoms. The monoisotopic (exact) mass is 114 g/mol. The summed E-state index contributed by atoms with van der Waals surface area (Å²) in [6.45, 7) is 4.44. The lowest BCUT2D eigenvalue weighted by Crippen LogP contribution is -2.13. The van der Waals surface area contributed by atoms with Gasteiger partial charge in [-0.05, 0) is 0 Å². The van der Waals surface area contributed by atoms with Crippen LogP contribution >= 0.6 is 0 Å². The molecule has 1 atom stereocenters. The zero-order valence-corrected chi connectivity index (χ0v) is 5.18. The Morgan fingerprint density at radius 3 is 2.38 bits per heavy atom. The Morgan fingerprint density at radius 1 is 1.75 bits per heavy atom. The van der Waals surface area contributed by atoms with E-state index in [0.29, 0.717) is 6.61 Å². The van der Waals surface area contributed by atoms with Crippen molar-refractivity contribution >= 4 is 5.78 Å². The third kappa shape index (κ3) is 1.07. The van der Waals surface area contributed by atoms with Crippen molar-refractivity contribution in [1.82, 2.24) is 0 Å². The Balaban J connectivity index is 2.33. The number of rotatable bonds is 2. The molecule has 1 saturated heterocycles. The average molecular weight is 114 g/mol. The zero-order chi connectivity index (χ0) is 6.15. The lowest BCUT2D eigenvalue weighted by Gasteiger charge is -1.95. The van der Waals surface area contributed by atoms with Crippen LogP contribution in [-0.2, 0) is 9.53 Å². The summed E-state index contributed by atoms with van der Waals surface area (Å²) < 4.78 is 4.78. The van der Waals surface area contributed by atoms with Crippen molar-refractivity contribution in [2.24, 2.45) is 5.92 Å². The van der Waals surface area contributed by atoms with Gasteiger partial charge in [-0.2, -0.15) is 0 Å². The van der Waals surface area contributed by atoms with Crippen molar-refractivity contribution < 1.29 is 9.53 Å². The van der Waals surface area contributed by atoms with E-state index in [1.54, 1.807) is 0 Å². The van der Waals surface area contributed by atoms with Crippen LogP contribution in [0.15, 0.2) is 0 Å². The average Bonchev–Trinajstić information content (AvgIpc) is 2.43. The van der Waals surface area contributed by atoms with Gasteiger partial charge in [0, 0.05) is 5.92 Å². The van der Waals surface area contributed by atoms with Gasteiger partial charge in [-0.25, -0.2) is 0 Å². The smallest absolute Gasteiger partial charge is 0.166 e. The van der Waals surface area contributed by atoms with Gasteiger partial charge < -0.3 is 4.74 Å². The fourth-order valence-electron chi connectivity index (χ4n) is 0.584. The number of hydrogen-bond donors (Lipinski definition) is 0. The normalized spacial score (nSPS) is 26.1. The van der Waals surface area contributed by atoms with E-state index in [4.69, 9.17) is 4.74 Å². The number of carbonyl (C=O) groups is 1. The highest BCUT2D eigenvalue weighted by molar-refractivity contribution is 5.86. The number of epoxide rings is 1. The standard InChI is InChI=1S/C6H10O2/c1-4(2)6(7)5-3-8-5/h4-5H,3H2,1-2H3/t5-/m0/s1. The molecule has 1 heterocycles. The maximum absolute atomic E-state index is 10.8. The SMILES string of the molecule is CC(C)C(=O)[C@@H]1CO1. The van der Waals surface area contributed by atoms with Crippen molar-refractivity contribution in [2.45, 2.75) is 20.0 Å². The minimum absolute atomic E-state index is 0.0463. The molecule has 46 valence electrons. The van der Waals surface area contributed by atoms with Gasteiger partial charge in [0.05, 0.1) is 6.61 Å². The van der Waals surface area contributed by atoms with E-state index in [2.05, 4.69) is 0 Å². The molecular weight excluding hydrogens is 104 g/mol. The summed E-state index contributed by atoms with van der Waals surface area (Å²) in [5.74, 6) is 0.382. The molecule has 0 aromatic rings. The van der Waals surface area contributed by atoms with Crippen LogP contribution in [0.4, 0.5) is 0 Å². The van der Waals surface area contributed by atoms with Crippen LogP contribution in [0.5, 0.6) is 0 Å². The highest BCUT2D eigenvalue weighted by atomic mass is 16.6. The van der Waals surface area contributed by atoms with Crippen LogP contribution in [0, 0.1) is 5.92 Å². The van der Waals surface area contributed by atoms with E-state index >= 15 is 0 Å². The Bertz CT molecular complexity index is 99.1. The number of Topliss-reactive ketones (excluding diaryl/α,β-unsaturated/α-hetero) is 1. The third-order valence-corrected chi connectivity index (χ3v) is 1.22. The summed E-state index contributed by atoms with van der Waals surface area (Å²) in [5, 5.41) is 0. The molecule has 1 aliphatic heterocycles.